The van der Waals surface area contributed by atoms with Crippen LogP contribution in [0.15, 0.2) is 18.3 Å². The first kappa shape index (κ1) is 15.6. The van der Waals surface area contributed by atoms with Crippen molar-refractivity contribution in [3.8, 4) is 0 Å². The van der Waals surface area contributed by atoms with Crippen LogP contribution < -0.4 is 5.32 Å². The van der Waals surface area contributed by atoms with Crippen LogP contribution in [0.1, 0.15) is 48.6 Å². The third-order valence-electron chi connectivity index (χ3n) is 3.92. The number of amides is 1. The summed E-state index contributed by atoms with van der Waals surface area (Å²) >= 11 is 0. The van der Waals surface area contributed by atoms with Crippen molar-refractivity contribution in [3.63, 3.8) is 0 Å². The Bertz CT molecular complexity index is 494. The second kappa shape index (κ2) is 7.26. The standard InChI is InChI=1S/C15H22N2O4/c1-21-10-4-7-12(15(19)20)16-14(18)13-8-3-9-17(13)11-5-2-6-11/h3,8-9,11-12H,2,4-7,10H2,1H3,(H,16,18)(H,19,20). The summed E-state index contributed by atoms with van der Waals surface area (Å²) in [6.07, 6.45) is 6.17. The summed E-state index contributed by atoms with van der Waals surface area (Å²) in [4.78, 5) is 23.5. The molecule has 0 aromatic carbocycles. The van der Waals surface area contributed by atoms with Crippen molar-refractivity contribution in [2.45, 2.75) is 44.2 Å². The molecule has 1 fully saturated rings. The zero-order valence-corrected chi connectivity index (χ0v) is 12.2. The van der Waals surface area contributed by atoms with Gasteiger partial charge in [0.25, 0.3) is 5.91 Å². The van der Waals surface area contributed by atoms with E-state index in [1.807, 2.05) is 16.8 Å². The van der Waals surface area contributed by atoms with E-state index in [2.05, 4.69) is 5.32 Å². The van der Waals surface area contributed by atoms with Crippen LogP contribution in [-0.4, -0.2) is 41.3 Å². The number of methoxy groups -OCH3 is 1. The lowest BCUT2D eigenvalue weighted by molar-refractivity contribution is -0.139. The number of aliphatic carboxylic acids is 1. The zero-order valence-electron chi connectivity index (χ0n) is 12.2. The van der Waals surface area contributed by atoms with E-state index >= 15 is 0 Å². The summed E-state index contributed by atoms with van der Waals surface area (Å²) in [6.45, 7) is 0.484. The number of ether oxygens (including phenoxy) is 1. The molecule has 1 atom stereocenters. The maximum atomic E-state index is 12.3. The van der Waals surface area contributed by atoms with E-state index in [0.717, 1.165) is 12.8 Å². The minimum absolute atomic E-state index is 0.322. The molecule has 1 unspecified atom stereocenters. The van der Waals surface area contributed by atoms with Gasteiger partial charge in [-0.3, -0.25) is 4.79 Å². The molecule has 2 rings (SSSR count). The van der Waals surface area contributed by atoms with Crippen LogP contribution in [0.2, 0.25) is 0 Å². The van der Waals surface area contributed by atoms with Crippen LogP contribution in [0.25, 0.3) is 0 Å². The molecule has 1 aromatic rings. The summed E-state index contributed by atoms with van der Waals surface area (Å²) in [7, 11) is 1.57. The Morgan fingerprint density at radius 1 is 1.52 bits per heavy atom. The Kier molecular flexibility index (Phi) is 5.38. The fourth-order valence-corrected chi connectivity index (χ4v) is 2.49. The molecule has 0 bridgehead atoms. The molecule has 1 aromatic heterocycles. The third-order valence-corrected chi connectivity index (χ3v) is 3.92. The number of carbonyl (C=O) groups is 2. The lowest BCUT2D eigenvalue weighted by atomic mass is 9.93. The predicted octanol–water partition coefficient (Wildman–Crippen LogP) is 1.82. The average Bonchev–Trinajstić information content (AvgIpc) is 2.84. The predicted molar refractivity (Wildman–Crippen MR) is 77.3 cm³/mol. The molecule has 0 saturated heterocycles. The number of carboxylic acid groups (broad SMARTS) is 1. The molecule has 0 spiro atoms. The molecule has 1 heterocycles. The van der Waals surface area contributed by atoms with Crippen molar-refractivity contribution in [2.75, 3.05) is 13.7 Å². The molecule has 116 valence electrons. The minimum Gasteiger partial charge on any atom is -0.480 e. The molecule has 6 heteroatoms. The van der Waals surface area contributed by atoms with Gasteiger partial charge in [-0.2, -0.15) is 0 Å². The number of rotatable bonds is 8. The lowest BCUT2D eigenvalue weighted by Crippen LogP contribution is -2.42. The fraction of sp³-hybridized carbons (Fsp3) is 0.600. The Hall–Kier alpha value is -1.82. The first-order valence-corrected chi connectivity index (χ1v) is 7.33. The van der Waals surface area contributed by atoms with Crippen molar-refractivity contribution < 1.29 is 19.4 Å². The summed E-state index contributed by atoms with van der Waals surface area (Å²) in [5, 5.41) is 11.8. The van der Waals surface area contributed by atoms with Gasteiger partial charge < -0.3 is 19.7 Å². The van der Waals surface area contributed by atoms with E-state index < -0.39 is 12.0 Å². The molecule has 1 aliphatic carbocycles. The van der Waals surface area contributed by atoms with Crippen LogP contribution >= 0.6 is 0 Å². The highest BCUT2D eigenvalue weighted by atomic mass is 16.5. The Labute approximate surface area is 124 Å². The highest BCUT2D eigenvalue weighted by Crippen LogP contribution is 2.32. The number of hydrogen-bond donors (Lipinski definition) is 2. The van der Waals surface area contributed by atoms with E-state index in [4.69, 9.17) is 4.74 Å². The van der Waals surface area contributed by atoms with Crippen LogP contribution in [0, 0.1) is 0 Å². The number of carbonyl (C=O) groups excluding carboxylic acids is 1. The first-order valence-electron chi connectivity index (χ1n) is 7.33. The van der Waals surface area contributed by atoms with Gasteiger partial charge in [0, 0.05) is 26.0 Å². The Balaban J connectivity index is 1.98. The fourth-order valence-electron chi connectivity index (χ4n) is 2.49. The van der Waals surface area contributed by atoms with E-state index in [0.29, 0.717) is 31.2 Å². The van der Waals surface area contributed by atoms with Gasteiger partial charge in [0.15, 0.2) is 0 Å². The van der Waals surface area contributed by atoms with E-state index in [1.165, 1.54) is 6.42 Å². The lowest BCUT2D eigenvalue weighted by Gasteiger charge is -2.29. The highest BCUT2D eigenvalue weighted by molar-refractivity contribution is 5.95. The number of hydrogen-bond acceptors (Lipinski definition) is 3. The molecular weight excluding hydrogens is 272 g/mol. The molecule has 1 amide bonds. The number of carboxylic acids is 1. The molecule has 21 heavy (non-hydrogen) atoms. The van der Waals surface area contributed by atoms with Gasteiger partial charge in [0.1, 0.15) is 11.7 Å². The van der Waals surface area contributed by atoms with Gasteiger partial charge in [-0.15, -0.1) is 0 Å². The van der Waals surface area contributed by atoms with Crippen molar-refractivity contribution in [1.82, 2.24) is 9.88 Å². The van der Waals surface area contributed by atoms with Crippen LogP contribution in [0.3, 0.4) is 0 Å². The van der Waals surface area contributed by atoms with E-state index in [1.54, 1.807) is 13.2 Å². The topological polar surface area (TPSA) is 80.6 Å². The van der Waals surface area contributed by atoms with Gasteiger partial charge in [0.05, 0.1) is 0 Å². The number of nitrogens with one attached hydrogen (secondary N) is 1. The van der Waals surface area contributed by atoms with Crippen LogP contribution in [0.4, 0.5) is 0 Å². The molecule has 1 saturated carbocycles. The second-order valence-corrected chi connectivity index (χ2v) is 5.38. The van der Waals surface area contributed by atoms with Crippen molar-refractivity contribution in [2.24, 2.45) is 0 Å². The smallest absolute Gasteiger partial charge is 0.326 e. The summed E-state index contributed by atoms with van der Waals surface area (Å²) in [5.74, 6) is -1.34. The molecular formula is C15H22N2O4. The minimum atomic E-state index is -1.01. The summed E-state index contributed by atoms with van der Waals surface area (Å²) in [5.41, 5.74) is 0.540. The van der Waals surface area contributed by atoms with Crippen molar-refractivity contribution in [1.29, 1.82) is 0 Å². The van der Waals surface area contributed by atoms with Gasteiger partial charge in [-0.1, -0.05) is 0 Å². The quantitative estimate of drug-likeness (QED) is 0.717. The van der Waals surface area contributed by atoms with Crippen LogP contribution in [-0.2, 0) is 9.53 Å². The SMILES string of the molecule is COCCCC(NC(=O)c1cccn1C1CCC1)C(=O)O. The first-order chi connectivity index (χ1) is 10.1. The van der Waals surface area contributed by atoms with E-state index in [-0.39, 0.29) is 5.91 Å². The summed E-state index contributed by atoms with van der Waals surface area (Å²) in [6, 6.07) is 3.06. The number of aromatic nitrogens is 1. The molecule has 6 nitrogen and oxygen atoms in total. The van der Waals surface area contributed by atoms with Gasteiger partial charge >= 0.3 is 5.97 Å². The van der Waals surface area contributed by atoms with Gasteiger partial charge in [-0.05, 0) is 44.2 Å². The molecule has 2 N–H and O–H groups in total. The molecule has 0 aliphatic heterocycles. The second-order valence-electron chi connectivity index (χ2n) is 5.38. The highest BCUT2D eigenvalue weighted by Gasteiger charge is 2.25. The average molecular weight is 294 g/mol. The normalized spacial score (nSPS) is 16.2. The van der Waals surface area contributed by atoms with Gasteiger partial charge in [0.2, 0.25) is 0 Å². The monoisotopic (exact) mass is 294 g/mol. The zero-order chi connectivity index (χ0) is 15.2. The molecule has 1 aliphatic rings. The Morgan fingerprint density at radius 3 is 2.86 bits per heavy atom. The largest absolute Gasteiger partial charge is 0.480 e. The maximum absolute atomic E-state index is 12.3. The Morgan fingerprint density at radius 2 is 2.29 bits per heavy atom. The third kappa shape index (κ3) is 3.85. The van der Waals surface area contributed by atoms with Gasteiger partial charge in [-0.25, -0.2) is 4.79 Å². The van der Waals surface area contributed by atoms with Crippen molar-refractivity contribution >= 4 is 11.9 Å². The van der Waals surface area contributed by atoms with E-state index in [9.17, 15) is 14.7 Å². The summed E-state index contributed by atoms with van der Waals surface area (Å²) < 4.78 is 6.86. The maximum Gasteiger partial charge on any atom is 0.326 e. The number of nitrogens with zero attached hydrogens (tertiary/aromatic N) is 1. The van der Waals surface area contributed by atoms with Crippen molar-refractivity contribution in [3.05, 3.63) is 24.0 Å². The molecule has 0 radical (unpaired) electrons. The van der Waals surface area contributed by atoms with Crippen LogP contribution in [0.5, 0.6) is 0 Å².